The Morgan fingerprint density at radius 1 is 1.07 bits per heavy atom. The Morgan fingerprint density at radius 2 is 1.79 bits per heavy atom. The van der Waals surface area contributed by atoms with Gasteiger partial charge in [0, 0.05) is 31.5 Å². The molecule has 1 unspecified atom stereocenters. The van der Waals surface area contributed by atoms with Crippen LogP contribution in [0.3, 0.4) is 0 Å². The number of carboxylic acids is 1. The van der Waals surface area contributed by atoms with Gasteiger partial charge in [0.25, 0.3) is 0 Å². The van der Waals surface area contributed by atoms with Gasteiger partial charge in [-0.15, -0.1) is 0 Å². The summed E-state index contributed by atoms with van der Waals surface area (Å²) in [5.41, 5.74) is 2.13. The third-order valence-electron chi connectivity index (χ3n) is 5.06. The molecular weight excluding hydrogens is 370 g/mol. The molecule has 0 bridgehead atoms. The molecule has 0 spiro atoms. The van der Waals surface area contributed by atoms with E-state index >= 15 is 0 Å². The van der Waals surface area contributed by atoms with Crippen LogP contribution in [-0.2, 0) is 16.1 Å². The maximum atomic E-state index is 12.6. The van der Waals surface area contributed by atoms with Gasteiger partial charge in [-0.05, 0) is 41.8 Å². The van der Waals surface area contributed by atoms with Gasteiger partial charge in [0.1, 0.15) is 5.75 Å². The minimum Gasteiger partial charge on any atom is -0.494 e. The summed E-state index contributed by atoms with van der Waals surface area (Å²) < 4.78 is 5.51. The zero-order valence-corrected chi connectivity index (χ0v) is 16.5. The highest BCUT2D eigenvalue weighted by Crippen LogP contribution is 2.29. The van der Waals surface area contributed by atoms with Crippen LogP contribution in [0.2, 0.25) is 0 Å². The molecule has 6 nitrogen and oxygen atoms in total. The van der Waals surface area contributed by atoms with Crippen LogP contribution >= 0.6 is 0 Å². The molecule has 152 valence electrons. The summed E-state index contributed by atoms with van der Waals surface area (Å²) in [6.45, 7) is 3.14. The fourth-order valence-electron chi connectivity index (χ4n) is 3.49. The minimum absolute atomic E-state index is 0.0570. The largest absolute Gasteiger partial charge is 0.494 e. The number of benzene rings is 2. The molecule has 1 heterocycles. The summed E-state index contributed by atoms with van der Waals surface area (Å²) >= 11 is 0. The normalized spacial score (nSPS) is 15.5. The van der Waals surface area contributed by atoms with Crippen LogP contribution in [0.1, 0.15) is 53.6 Å². The number of aliphatic carboxylic acids is 1. The van der Waals surface area contributed by atoms with Crippen molar-refractivity contribution in [1.29, 1.82) is 0 Å². The van der Waals surface area contributed by atoms with Gasteiger partial charge < -0.3 is 14.7 Å². The topological polar surface area (TPSA) is 83.9 Å². The summed E-state index contributed by atoms with van der Waals surface area (Å²) in [6.07, 6.45) is 1.05. The Morgan fingerprint density at radius 3 is 2.48 bits per heavy atom. The Hall–Kier alpha value is -3.15. The van der Waals surface area contributed by atoms with E-state index in [-0.39, 0.29) is 31.1 Å². The average molecular weight is 395 g/mol. The number of nitrogens with zero attached hydrogens (tertiary/aromatic N) is 1. The molecule has 3 rings (SSSR count). The number of ether oxygens (including phenoxy) is 1. The zero-order valence-electron chi connectivity index (χ0n) is 16.5. The number of hydrogen-bond donors (Lipinski definition) is 1. The average Bonchev–Trinajstić information content (AvgIpc) is 2.75. The van der Waals surface area contributed by atoms with E-state index in [2.05, 4.69) is 0 Å². The number of hydrogen-bond acceptors (Lipinski definition) is 4. The maximum Gasteiger partial charge on any atom is 0.312 e. The molecule has 0 saturated heterocycles. The predicted molar refractivity (Wildman–Crippen MR) is 108 cm³/mol. The van der Waals surface area contributed by atoms with Gasteiger partial charge in [0.15, 0.2) is 5.78 Å². The third-order valence-corrected chi connectivity index (χ3v) is 5.06. The molecule has 0 saturated carbocycles. The van der Waals surface area contributed by atoms with Crippen molar-refractivity contribution in [3.05, 3.63) is 65.2 Å². The fourth-order valence-corrected chi connectivity index (χ4v) is 3.49. The Bertz CT molecular complexity index is 890. The number of Topliss-reactive ketones (excluding diaryl/α,β-unsaturated/α-hetero) is 1. The van der Waals surface area contributed by atoms with E-state index in [0.717, 1.165) is 17.5 Å². The lowest BCUT2D eigenvalue weighted by Crippen LogP contribution is -2.40. The molecule has 1 atom stereocenters. The van der Waals surface area contributed by atoms with E-state index in [1.807, 2.05) is 25.1 Å². The first-order valence-corrected chi connectivity index (χ1v) is 9.84. The Labute approximate surface area is 170 Å². The summed E-state index contributed by atoms with van der Waals surface area (Å²) in [6, 6.07) is 14.2. The number of fused-ring (bicyclic) bond motifs is 1. The van der Waals surface area contributed by atoms with Gasteiger partial charge in [-0.2, -0.15) is 0 Å². The molecule has 1 N–H and O–H groups in total. The first-order valence-electron chi connectivity index (χ1n) is 9.84. The van der Waals surface area contributed by atoms with E-state index in [4.69, 9.17) is 4.74 Å². The predicted octanol–water partition coefficient (Wildman–Crippen LogP) is 3.65. The van der Waals surface area contributed by atoms with Gasteiger partial charge in [-0.3, -0.25) is 14.4 Å². The van der Waals surface area contributed by atoms with Gasteiger partial charge in [0.05, 0.1) is 12.5 Å². The molecule has 1 amide bonds. The summed E-state index contributed by atoms with van der Waals surface area (Å²) in [4.78, 5) is 38.2. The molecule has 1 aliphatic rings. The molecule has 6 heteroatoms. The molecular formula is C23H25NO5. The first kappa shape index (κ1) is 20.6. The zero-order chi connectivity index (χ0) is 20.8. The molecule has 2 aromatic rings. The van der Waals surface area contributed by atoms with Crippen LogP contribution in [0, 0.1) is 0 Å². The second-order valence-corrected chi connectivity index (χ2v) is 7.16. The van der Waals surface area contributed by atoms with Crippen molar-refractivity contribution in [2.24, 2.45) is 0 Å². The molecule has 1 aliphatic heterocycles. The summed E-state index contributed by atoms with van der Waals surface area (Å²) in [7, 11) is 0. The molecule has 0 fully saturated rings. The Balaban J connectivity index is 1.59. The highest BCUT2D eigenvalue weighted by Gasteiger charge is 2.32. The number of carbonyl (C=O) groups is 3. The lowest BCUT2D eigenvalue weighted by atomic mass is 9.89. The smallest absolute Gasteiger partial charge is 0.312 e. The van der Waals surface area contributed by atoms with Crippen LogP contribution in [0.25, 0.3) is 0 Å². The van der Waals surface area contributed by atoms with E-state index in [1.165, 1.54) is 4.90 Å². The number of amides is 1. The van der Waals surface area contributed by atoms with E-state index in [9.17, 15) is 19.5 Å². The summed E-state index contributed by atoms with van der Waals surface area (Å²) in [5, 5.41) is 9.53. The number of carboxylic acid groups (broad SMARTS) is 1. The van der Waals surface area contributed by atoms with Crippen molar-refractivity contribution in [2.75, 3.05) is 13.2 Å². The number of rotatable bonds is 8. The standard InChI is InChI=1S/C23H25NO5/c1-2-13-29-18-9-7-16(8-10-18)21(25)11-12-22(26)24-14-17-5-3-4-6-19(17)20(15-24)23(27)28/h3-10,20H,2,11-15H2,1H3,(H,27,28). The van der Waals surface area contributed by atoms with Crippen molar-refractivity contribution in [3.8, 4) is 5.75 Å². The van der Waals surface area contributed by atoms with Crippen molar-refractivity contribution in [2.45, 2.75) is 38.6 Å². The van der Waals surface area contributed by atoms with E-state index < -0.39 is 11.9 Å². The third kappa shape index (κ3) is 5.02. The van der Waals surface area contributed by atoms with Gasteiger partial charge >= 0.3 is 5.97 Å². The Kier molecular flexibility index (Phi) is 6.65. The van der Waals surface area contributed by atoms with E-state index in [0.29, 0.717) is 24.5 Å². The lowest BCUT2D eigenvalue weighted by molar-refractivity contribution is -0.141. The van der Waals surface area contributed by atoms with E-state index in [1.54, 1.807) is 30.3 Å². The lowest BCUT2D eigenvalue weighted by Gasteiger charge is -2.32. The second kappa shape index (κ2) is 9.37. The van der Waals surface area contributed by atoms with Crippen LogP contribution in [0.15, 0.2) is 48.5 Å². The van der Waals surface area contributed by atoms with Crippen molar-refractivity contribution >= 4 is 17.7 Å². The minimum atomic E-state index is -0.948. The van der Waals surface area contributed by atoms with Gasteiger partial charge in [0.2, 0.25) is 5.91 Å². The fraction of sp³-hybridized carbons (Fsp3) is 0.348. The highest BCUT2D eigenvalue weighted by molar-refractivity contribution is 5.98. The van der Waals surface area contributed by atoms with Gasteiger partial charge in [-0.1, -0.05) is 31.2 Å². The molecule has 0 aliphatic carbocycles. The molecule has 29 heavy (non-hydrogen) atoms. The first-order chi connectivity index (χ1) is 14.0. The van der Waals surface area contributed by atoms with Crippen LogP contribution in [0.5, 0.6) is 5.75 Å². The maximum absolute atomic E-state index is 12.6. The second-order valence-electron chi connectivity index (χ2n) is 7.16. The molecule has 0 aromatic heterocycles. The van der Waals surface area contributed by atoms with Crippen molar-refractivity contribution < 1.29 is 24.2 Å². The van der Waals surface area contributed by atoms with Crippen LogP contribution < -0.4 is 4.74 Å². The monoisotopic (exact) mass is 395 g/mol. The van der Waals surface area contributed by atoms with Crippen LogP contribution in [0.4, 0.5) is 0 Å². The molecule has 0 radical (unpaired) electrons. The van der Waals surface area contributed by atoms with Crippen molar-refractivity contribution in [3.63, 3.8) is 0 Å². The highest BCUT2D eigenvalue weighted by atomic mass is 16.5. The van der Waals surface area contributed by atoms with Crippen LogP contribution in [-0.4, -0.2) is 40.8 Å². The number of carbonyl (C=O) groups excluding carboxylic acids is 2. The SMILES string of the molecule is CCCOc1ccc(C(=O)CCC(=O)N2Cc3ccccc3C(C(=O)O)C2)cc1. The van der Waals surface area contributed by atoms with Crippen molar-refractivity contribution in [1.82, 2.24) is 4.90 Å². The summed E-state index contributed by atoms with van der Waals surface area (Å²) in [5.74, 6) is -1.30. The van der Waals surface area contributed by atoms with Gasteiger partial charge in [-0.25, -0.2) is 0 Å². The molecule has 2 aromatic carbocycles. The quantitative estimate of drug-likeness (QED) is 0.690. The number of ketones is 1.